The second-order valence-corrected chi connectivity index (χ2v) is 7.22. The summed E-state index contributed by atoms with van der Waals surface area (Å²) < 4.78 is 40.5. The summed E-state index contributed by atoms with van der Waals surface area (Å²) in [4.78, 5) is 28.6. The summed E-state index contributed by atoms with van der Waals surface area (Å²) in [6.07, 6.45) is -1.11. The Morgan fingerprint density at radius 2 is 1.83 bits per heavy atom. The van der Waals surface area contributed by atoms with E-state index in [1.165, 1.54) is 46.9 Å². The number of benzene rings is 2. The molecule has 4 rings (SSSR count). The van der Waals surface area contributed by atoms with Crippen molar-refractivity contribution in [3.05, 3.63) is 71.3 Å². The predicted molar refractivity (Wildman–Crippen MR) is 103 cm³/mol. The Kier molecular flexibility index (Phi) is 5.24. The summed E-state index contributed by atoms with van der Waals surface area (Å²) in [5, 5.41) is 0. The van der Waals surface area contributed by atoms with Gasteiger partial charge in [-0.2, -0.15) is 0 Å². The van der Waals surface area contributed by atoms with Crippen molar-refractivity contribution in [2.24, 2.45) is 0 Å². The molecular formula is C22H19F3N2O3. The number of carbonyl (C=O) groups excluding carboxylic acids is 2. The first-order chi connectivity index (χ1) is 14.3. The lowest BCUT2D eigenvalue weighted by molar-refractivity contribution is -0.274. The number of carbonyl (C=O) groups is 2. The zero-order valence-corrected chi connectivity index (χ0v) is 15.9. The zero-order valence-electron chi connectivity index (χ0n) is 15.9. The fraction of sp³-hybridized carbons (Fsp3) is 0.273. The third kappa shape index (κ3) is 4.32. The number of nitrogens with zero attached hydrogens (tertiary/aromatic N) is 2. The van der Waals surface area contributed by atoms with E-state index in [1.807, 2.05) is 29.2 Å². The van der Waals surface area contributed by atoms with Crippen LogP contribution >= 0.6 is 0 Å². The van der Waals surface area contributed by atoms with Crippen LogP contribution in [0.2, 0.25) is 0 Å². The molecule has 2 aromatic rings. The van der Waals surface area contributed by atoms with Crippen LogP contribution in [0.4, 0.5) is 13.2 Å². The van der Waals surface area contributed by atoms with E-state index < -0.39 is 6.36 Å². The third-order valence-corrected chi connectivity index (χ3v) is 5.30. The van der Waals surface area contributed by atoms with Crippen molar-refractivity contribution < 1.29 is 27.5 Å². The van der Waals surface area contributed by atoms with Crippen molar-refractivity contribution in [3.63, 3.8) is 0 Å². The topological polar surface area (TPSA) is 49.9 Å². The number of ether oxygens (including phenoxy) is 1. The molecule has 2 aliphatic rings. The molecule has 1 atom stereocenters. The summed E-state index contributed by atoms with van der Waals surface area (Å²) in [5.41, 5.74) is 2.81. The summed E-state index contributed by atoms with van der Waals surface area (Å²) in [6.45, 7) is 1.06. The van der Waals surface area contributed by atoms with Gasteiger partial charge in [0.1, 0.15) is 12.3 Å². The number of rotatable bonds is 3. The maximum absolute atomic E-state index is 12.7. The van der Waals surface area contributed by atoms with Gasteiger partial charge in [0.05, 0.1) is 6.04 Å². The van der Waals surface area contributed by atoms with Crippen LogP contribution in [-0.4, -0.2) is 47.6 Å². The molecule has 0 N–H and O–H groups in total. The first-order valence-electron chi connectivity index (χ1n) is 9.50. The highest BCUT2D eigenvalue weighted by molar-refractivity contribution is 5.95. The summed E-state index contributed by atoms with van der Waals surface area (Å²) in [7, 11) is 0. The minimum absolute atomic E-state index is 0.0141. The van der Waals surface area contributed by atoms with E-state index in [0.717, 1.165) is 12.0 Å². The minimum atomic E-state index is -4.75. The van der Waals surface area contributed by atoms with E-state index in [2.05, 4.69) is 4.74 Å². The molecule has 2 aromatic carbocycles. The average Bonchev–Trinajstić information content (AvgIpc) is 2.71. The fourth-order valence-electron chi connectivity index (χ4n) is 3.90. The van der Waals surface area contributed by atoms with Gasteiger partial charge >= 0.3 is 6.36 Å². The van der Waals surface area contributed by atoms with Gasteiger partial charge in [-0.15, -0.1) is 13.2 Å². The molecule has 0 saturated carbocycles. The Balaban J connectivity index is 1.45. The summed E-state index contributed by atoms with van der Waals surface area (Å²) in [6, 6.07) is 13.0. The van der Waals surface area contributed by atoms with E-state index in [-0.39, 0.29) is 30.2 Å². The van der Waals surface area contributed by atoms with Crippen LogP contribution in [0.3, 0.4) is 0 Å². The molecule has 8 heteroatoms. The van der Waals surface area contributed by atoms with Gasteiger partial charge in [-0.3, -0.25) is 9.59 Å². The number of hydrogen-bond donors (Lipinski definition) is 0. The summed E-state index contributed by atoms with van der Waals surface area (Å²) >= 11 is 0. The lowest BCUT2D eigenvalue weighted by Gasteiger charge is -2.44. The Morgan fingerprint density at radius 3 is 2.57 bits per heavy atom. The van der Waals surface area contributed by atoms with Gasteiger partial charge in [0.15, 0.2) is 0 Å². The van der Waals surface area contributed by atoms with Crippen LogP contribution in [0.25, 0.3) is 6.08 Å². The van der Waals surface area contributed by atoms with Crippen LogP contribution in [0.15, 0.2) is 54.6 Å². The van der Waals surface area contributed by atoms with Gasteiger partial charge in [0, 0.05) is 19.2 Å². The third-order valence-electron chi connectivity index (χ3n) is 5.30. The van der Waals surface area contributed by atoms with E-state index >= 15 is 0 Å². The molecule has 0 spiro atoms. The van der Waals surface area contributed by atoms with E-state index in [0.29, 0.717) is 18.7 Å². The SMILES string of the molecule is O=C(/C=C/c1ccc(OC(F)(F)F)cc1)N1CC(=O)N2CCc3ccccc3[C@@H]2C1. The quantitative estimate of drug-likeness (QED) is 0.719. The summed E-state index contributed by atoms with van der Waals surface area (Å²) in [5.74, 6) is -0.735. The zero-order chi connectivity index (χ0) is 21.3. The van der Waals surface area contributed by atoms with Gasteiger partial charge in [-0.05, 0) is 41.3 Å². The molecule has 0 bridgehead atoms. The van der Waals surface area contributed by atoms with Crippen LogP contribution < -0.4 is 4.74 Å². The molecule has 1 saturated heterocycles. The standard InChI is InChI=1S/C22H19F3N2O3/c23-22(24,25)30-17-8-5-15(6-9-17)7-10-20(28)26-13-19-18-4-2-1-3-16(18)11-12-27(19)21(29)14-26/h1-10,19H,11-14H2/b10-7+/t19-/m0/s1. The highest BCUT2D eigenvalue weighted by atomic mass is 19.4. The van der Waals surface area contributed by atoms with Crippen LogP contribution in [0.5, 0.6) is 5.75 Å². The van der Waals surface area contributed by atoms with E-state index in [9.17, 15) is 22.8 Å². The molecule has 0 aliphatic carbocycles. The Labute approximate surface area is 171 Å². The maximum atomic E-state index is 12.7. The first kappa shape index (κ1) is 20.0. The number of halogens is 3. The minimum Gasteiger partial charge on any atom is -0.406 e. The molecule has 5 nitrogen and oxygen atoms in total. The van der Waals surface area contributed by atoms with Crippen molar-refractivity contribution in [2.45, 2.75) is 18.8 Å². The smallest absolute Gasteiger partial charge is 0.406 e. The average molecular weight is 416 g/mol. The van der Waals surface area contributed by atoms with Gasteiger partial charge in [0.25, 0.3) is 0 Å². The highest BCUT2D eigenvalue weighted by Crippen LogP contribution is 2.33. The van der Waals surface area contributed by atoms with Gasteiger partial charge in [-0.1, -0.05) is 36.4 Å². The van der Waals surface area contributed by atoms with Crippen molar-refractivity contribution >= 4 is 17.9 Å². The number of amides is 2. The van der Waals surface area contributed by atoms with Crippen LogP contribution in [0.1, 0.15) is 22.7 Å². The molecule has 0 radical (unpaired) electrons. The number of piperazine rings is 1. The van der Waals surface area contributed by atoms with Crippen molar-refractivity contribution in [1.29, 1.82) is 0 Å². The molecule has 156 valence electrons. The fourth-order valence-corrected chi connectivity index (χ4v) is 3.90. The van der Waals surface area contributed by atoms with Crippen molar-refractivity contribution in [3.8, 4) is 5.75 Å². The molecule has 2 heterocycles. The van der Waals surface area contributed by atoms with Gasteiger partial charge in [-0.25, -0.2) is 0 Å². The molecule has 0 unspecified atom stereocenters. The number of hydrogen-bond acceptors (Lipinski definition) is 3. The number of alkyl halides is 3. The molecular weight excluding hydrogens is 397 g/mol. The first-order valence-corrected chi connectivity index (χ1v) is 9.50. The van der Waals surface area contributed by atoms with Crippen LogP contribution in [0, 0.1) is 0 Å². The molecule has 2 amide bonds. The Hall–Kier alpha value is -3.29. The lowest BCUT2D eigenvalue weighted by atomic mass is 9.91. The van der Waals surface area contributed by atoms with Crippen molar-refractivity contribution in [2.75, 3.05) is 19.6 Å². The molecule has 1 fully saturated rings. The molecule has 30 heavy (non-hydrogen) atoms. The van der Waals surface area contributed by atoms with Gasteiger partial charge in [0.2, 0.25) is 11.8 Å². The maximum Gasteiger partial charge on any atom is 0.573 e. The highest BCUT2D eigenvalue weighted by Gasteiger charge is 2.37. The predicted octanol–water partition coefficient (Wildman–Crippen LogP) is 3.57. The molecule has 2 aliphatic heterocycles. The van der Waals surface area contributed by atoms with E-state index in [1.54, 1.807) is 0 Å². The van der Waals surface area contributed by atoms with Crippen LogP contribution in [-0.2, 0) is 16.0 Å². The largest absolute Gasteiger partial charge is 0.573 e. The Bertz CT molecular complexity index is 986. The second kappa shape index (κ2) is 7.85. The Morgan fingerprint density at radius 1 is 1.10 bits per heavy atom. The van der Waals surface area contributed by atoms with Gasteiger partial charge < -0.3 is 14.5 Å². The number of fused-ring (bicyclic) bond motifs is 3. The normalized spacial score (nSPS) is 18.9. The molecule has 0 aromatic heterocycles. The monoisotopic (exact) mass is 416 g/mol. The van der Waals surface area contributed by atoms with E-state index in [4.69, 9.17) is 0 Å². The van der Waals surface area contributed by atoms with Crippen molar-refractivity contribution in [1.82, 2.24) is 9.80 Å². The second-order valence-electron chi connectivity index (χ2n) is 7.22. The lowest BCUT2D eigenvalue weighted by Crippen LogP contribution is -2.55.